The number of hydrogen-bond donors (Lipinski definition) is 0. The molecular weight excluding hydrogens is 571 g/mol. The summed E-state index contributed by atoms with van der Waals surface area (Å²) in [4.78, 5) is 4.94. The lowest BCUT2D eigenvalue weighted by Gasteiger charge is -2.09. The van der Waals surface area contributed by atoms with Gasteiger partial charge in [-0.3, -0.25) is 4.98 Å². The Hall–Kier alpha value is -5.09. The molecule has 0 atom stereocenters. The minimum absolute atomic E-state index is 0.977. The van der Waals surface area contributed by atoms with Gasteiger partial charge in [-0.15, -0.1) is 22.7 Å². The Morgan fingerprint density at radius 2 is 0.864 bits per heavy atom. The molecule has 1 nitrogen and oxygen atoms in total. The maximum Gasteiger partial charge on any atom is 0.0702 e. The number of nitrogens with zero attached hydrogens (tertiary/aromatic N) is 1. The van der Waals surface area contributed by atoms with Gasteiger partial charge in [-0.25, -0.2) is 0 Å². The zero-order valence-corrected chi connectivity index (χ0v) is 25.3. The van der Waals surface area contributed by atoms with Gasteiger partial charge in [0.2, 0.25) is 0 Å². The molecule has 0 bridgehead atoms. The summed E-state index contributed by atoms with van der Waals surface area (Å²) < 4.78 is 5.33. The molecule has 3 heterocycles. The summed E-state index contributed by atoms with van der Waals surface area (Å²) in [6.07, 6.45) is 2.01. The molecule has 3 heteroatoms. The van der Waals surface area contributed by atoms with E-state index >= 15 is 0 Å². The lowest BCUT2D eigenvalue weighted by atomic mass is 9.97. The van der Waals surface area contributed by atoms with E-state index < -0.39 is 0 Å². The van der Waals surface area contributed by atoms with Gasteiger partial charge in [0.05, 0.1) is 5.69 Å². The number of rotatable bonds is 4. The van der Waals surface area contributed by atoms with Gasteiger partial charge in [-0.1, -0.05) is 115 Å². The molecule has 6 aromatic carbocycles. The van der Waals surface area contributed by atoms with Crippen molar-refractivity contribution in [2.75, 3.05) is 0 Å². The molecule has 9 aromatic rings. The fraction of sp³-hybridized carbons (Fsp3) is 0. The molecule has 0 aliphatic carbocycles. The Balaban J connectivity index is 1.06. The third-order valence-electron chi connectivity index (χ3n) is 8.55. The normalized spacial score (nSPS) is 11.6. The number of hydrogen-bond acceptors (Lipinski definition) is 3. The Morgan fingerprint density at radius 1 is 0.364 bits per heavy atom. The number of fused-ring (bicyclic) bond motifs is 6. The largest absolute Gasteiger partial charge is 0.256 e. The molecule has 0 saturated heterocycles. The Bertz CT molecular complexity index is 2320. The Labute approximate surface area is 263 Å². The van der Waals surface area contributed by atoms with E-state index in [0.717, 1.165) is 16.8 Å². The van der Waals surface area contributed by atoms with Gasteiger partial charge < -0.3 is 0 Å². The van der Waals surface area contributed by atoms with Gasteiger partial charge in [-0.05, 0) is 58.1 Å². The van der Waals surface area contributed by atoms with Crippen LogP contribution in [0.15, 0.2) is 152 Å². The van der Waals surface area contributed by atoms with E-state index in [1.807, 2.05) is 28.9 Å². The second-order valence-corrected chi connectivity index (χ2v) is 13.3. The summed E-state index contributed by atoms with van der Waals surface area (Å²) in [6, 6.07) is 52.6. The summed E-state index contributed by atoms with van der Waals surface area (Å²) >= 11 is 3.74. The number of benzene rings is 6. The SMILES string of the molecule is c1cc(-c2ccc(-c3cccc(-c4cccc5c4sc4ccccc45)c3)nc2)cc(-c2cccc3c2sc2ccccc23)c1. The number of thiophene rings is 2. The van der Waals surface area contributed by atoms with Gasteiger partial charge in [0.25, 0.3) is 0 Å². The topological polar surface area (TPSA) is 12.9 Å². The second-order valence-electron chi connectivity index (χ2n) is 11.2. The third kappa shape index (κ3) is 4.16. The smallest absolute Gasteiger partial charge is 0.0702 e. The van der Waals surface area contributed by atoms with Crippen LogP contribution in [0.1, 0.15) is 0 Å². The summed E-state index contributed by atoms with van der Waals surface area (Å²) in [6.45, 7) is 0. The van der Waals surface area contributed by atoms with Crippen LogP contribution in [0.3, 0.4) is 0 Å². The molecule has 0 radical (unpaired) electrons. The van der Waals surface area contributed by atoms with Crippen LogP contribution < -0.4 is 0 Å². The van der Waals surface area contributed by atoms with Gasteiger partial charge in [0.1, 0.15) is 0 Å². The molecule has 0 unspecified atom stereocenters. The average molecular weight is 596 g/mol. The van der Waals surface area contributed by atoms with Crippen LogP contribution in [0.25, 0.3) is 85.0 Å². The first-order valence-electron chi connectivity index (χ1n) is 14.8. The lowest BCUT2D eigenvalue weighted by molar-refractivity contribution is 1.33. The Morgan fingerprint density at radius 3 is 1.45 bits per heavy atom. The summed E-state index contributed by atoms with van der Waals surface area (Å²) in [5.74, 6) is 0. The van der Waals surface area contributed by atoms with Crippen LogP contribution in [0.4, 0.5) is 0 Å². The number of aromatic nitrogens is 1. The average Bonchev–Trinajstić information content (AvgIpc) is 3.67. The molecule has 3 aromatic heterocycles. The fourth-order valence-corrected chi connectivity index (χ4v) is 8.87. The maximum atomic E-state index is 4.94. The first-order chi connectivity index (χ1) is 21.8. The van der Waals surface area contributed by atoms with E-state index in [4.69, 9.17) is 4.98 Å². The van der Waals surface area contributed by atoms with E-state index in [2.05, 4.69) is 146 Å². The van der Waals surface area contributed by atoms with E-state index in [9.17, 15) is 0 Å². The molecule has 0 spiro atoms. The molecule has 9 rings (SSSR count). The minimum Gasteiger partial charge on any atom is -0.256 e. The third-order valence-corrected chi connectivity index (χ3v) is 11.0. The predicted molar refractivity (Wildman–Crippen MR) is 192 cm³/mol. The Kier molecular flexibility index (Phi) is 5.93. The van der Waals surface area contributed by atoms with Crippen molar-refractivity contribution in [2.45, 2.75) is 0 Å². The molecule has 0 amide bonds. The fourth-order valence-electron chi connectivity index (χ4n) is 6.40. The van der Waals surface area contributed by atoms with Gasteiger partial charge in [0, 0.05) is 57.7 Å². The molecule has 0 aliphatic heterocycles. The molecule has 44 heavy (non-hydrogen) atoms. The van der Waals surface area contributed by atoms with Crippen molar-refractivity contribution in [3.8, 4) is 44.6 Å². The molecule has 0 fully saturated rings. The monoisotopic (exact) mass is 595 g/mol. The zero-order chi connectivity index (χ0) is 29.0. The van der Waals surface area contributed by atoms with E-state index in [1.165, 1.54) is 68.2 Å². The number of pyridine rings is 1. The van der Waals surface area contributed by atoms with E-state index in [-0.39, 0.29) is 0 Å². The van der Waals surface area contributed by atoms with E-state index in [0.29, 0.717) is 0 Å². The van der Waals surface area contributed by atoms with Crippen LogP contribution in [-0.2, 0) is 0 Å². The molecule has 0 N–H and O–H groups in total. The van der Waals surface area contributed by atoms with Gasteiger partial charge >= 0.3 is 0 Å². The van der Waals surface area contributed by atoms with Crippen LogP contribution in [0.2, 0.25) is 0 Å². The van der Waals surface area contributed by atoms with Crippen LogP contribution in [0.5, 0.6) is 0 Å². The van der Waals surface area contributed by atoms with Crippen LogP contribution in [0, 0.1) is 0 Å². The highest BCUT2D eigenvalue weighted by atomic mass is 32.1. The molecule has 206 valence electrons. The predicted octanol–water partition coefficient (Wildman–Crippen LogP) is 12.5. The second kappa shape index (κ2) is 10.3. The van der Waals surface area contributed by atoms with Crippen molar-refractivity contribution in [3.05, 3.63) is 152 Å². The highest BCUT2D eigenvalue weighted by molar-refractivity contribution is 7.26. The zero-order valence-electron chi connectivity index (χ0n) is 23.7. The first kappa shape index (κ1) is 25.4. The van der Waals surface area contributed by atoms with Crippen LogP contribution in [-0.4, -0.2) is 4.98 Å². The molecule has 0 aliphatic rings. The minimum atomic E-state index is 0.977. The standard InChI is InChI=1S/C41H25NS2/c1-3-19-38-33(13-1)35-17-7-15-31(40(35)43-38)27-10-5-9-26(23-27)30-21-22-37(42-25-30)29-12-6-11-28(24-29)32-16-8-18-36-34-14-2-4-20-39(34)44-41(32)36/h1-25H. The summed E-state index contributed by atoms with van der Waals surface area (Å²) in [5.41, 5.74) is 9.38. The van der Waals surface area contributed by atoms with Gasteiger partial charge in [0.15, 0.2) is 0 Å². The highest BCUT2D eigenvalue weighted by Crippen LogP contribution is 2.42. The van der Waals surface area contributed by atoms with Crippen molar-refractivity contribution in [1.29, 1.82) is 0 Å². The van der Waals surface area contributed by atoms with Crippen molar-refractivity contribution >= 4 is 63.0 Å². The summed E-state index contributed by atoms with van der Waals surface area (Å²) in [7, 11) is 0. The van der Waals surface area contributed by atoms with Crippen molar-refractivity contribution in [3.63, 3.8) is 0 Å². The summed E-state index contributed by atoms with van der Waals surface area (Å²) in [5, 5.41) is 5.30. The molecular formula is C41H25NS2. The quantitative estimate of drug-likeness (QED) is 0.197. The van der Waals surface area contributed by atoms with Crippen molar-refractivity contribution in [1.82, 2.24) is 4.98 Å². The maximum absolute atomic E-state index is 4.94. The highest BCUT2D eigenvalue weighted by Gasteiger charge is 2.13. The van der Waals surface area contributed by atoms with E-state index in [1.54, 1.807) is 0 Å². The van der Waals surface area contributed by atoms with Crippen molar-refractivity contribution < 1.29 is 0 Å². The van der Waals surface area contributed by atoms with Crippen molar-refractivity contribution in [2.24, 2.45) is 0 Å². The lowest BCUT2D eigenvalue weighted by Crippen LogP contribution is -1.87. The first-order valence-corrected chi connectivity index (χ1v) is 16.4. The van der Waals surface area contributed by atoms with Crippen LogP contribution >= 0.6 is 22.7 Å². The van der Waals surface area contributed by atoms with Gasteiger partial charge in [-0.2, -0.15) is 0 Å². The molecule has 0 saturated carbocycles.